The van der Waals surface area contributed by atoms with E-state index in [0.717, 1.165) is 31.2 Å². The highest BCUT2D eigenvalue weighted by atomic mass is 19.1. The highest BCUT2D eigenvalue weighted by Crippen LogP contribution is 2.29. The van der Waals surface area contributed by atoms with Gasteiger partial charge in [0.1, 0.15) is 6.61 Å². The van der Waals surface area contributed by atoms with Crippen molar-refractivity contribution in [3.05, 3.63) is 66.0 Å². The van der Waals surface area contributed by atoms with Gasteiger partial charge in [-0.15, -0.1) is 0 Å². The lowest BCUT2D eigenvalue weighted by Crippen LogP contribution is -2.32. The number of rotatable bonds is 7. The molecule has 144 valence electrons. The van der Waals surface area contributed by atoms with Gasteiger partial charge in [0.05, 0.1) is 6.61 Å². The van der Waals surface area contributed by atoms with Gasteiger partial charge in [-0.25, -0.2) is 9.18 Å². The molecule has 5 heteroatoms. The molecule has 0 heterocycles. The van der Waals surface area contributed by atoms with Crippen LogP contribution in [0.4, 0.5) is 9.18 Å². The molecule has 0 radical (unpaired) electrons. The third-order valence-corrected chi connectivity index (χ3v) is 5.03. The maximum Gasteiger partial charge on any atom is 0.407 e. The van der Waals surface area contributed by atoms with E-state index in [1.165, 1.54) is 6.07 Å². The van der Waals surface area contributed by atoms with E-state index in [-0.39, 0.29) is 18.5 Å². The Labute approximate surface area is 159 Å². The first kappa shape index (κ1) is 19.2. The zero-order chi connectivity index (χ0) is 18.9. The molecule has 0 spiro atoms. The Bertz CT molecular complexity index is 715. The molecule has 4 nitrogen and oxygen atoms in total. The summed E-state index contributed by atoms with van der Waals surface area (Å²) >= 11 is 0. The van der Waals surface area contributed by atoms with E-state index < -0.39 is 0 Å². The van der Waals surface area contributed by atoms with Crippen molar-refractivity contribution in [2.75, 3.05) is 13.2 Å². The predicted molar refractivity (Wildman–Crippen MR) is 102 cm³/mol. The van der Waals surface area contributed by atoms with Gasteiger partial charge in [-0.1, -0.05) is 42.5 Å². The molecular weight excluding hydrogens is 345 g/mol. The van der Waals surface area contributed by atoms with Gasteiger partial charge in [-0.05, 0) is 55.2 Å². The van der Waals surface area contributed by atoms with Crippen molar-refractivity contribution in [1.82, 2.24) is 5.32 Å². The molecule has 1 N–H and O–H groups in total. The second kappa shape index (κ2) is 9.95. The fraction of sp³-hybridized carbons (Fsp3) is 0.409. The van der Waals surface area contributed by atoms with Crippen molar-refractivity contribution in [3.8, 4) is 5.75 Å². The summed E-state index contributed by atoms with van der Waals surface area (Å²) in [5, 5.41) is 2.86. The number of hydrogen-bond acceptors (Lipinski definition) is 3. The number of carbonyl (C=O) groups excluding carboxylic acids is 1. The molecule has 2 aromatic rings. The van der Waals surface area contributed by atoms with Crippen LogP contribution >= 0.6 is 0 Å². The summed E-state index contributed by atoms with van der Waals surface area (Å²) in [6.07, 6.45) is 3.75. The molecule has 1 saturated carbocycles. The molecule has 0 saturated heterocycles. The minimum absolute atomic E-state index is 0.285. The first-order chi connectivity index (χ1) is 13.2. The first-order valence-corrected chi connectivity index (χ1v) is 9.52. The van der Waals surface area contributed by atoms with Crippen molar-refractivity contribution in [2.45, 2.75) is 32.3 Å². The minimum Gasteiger partial charge on any atom is -0.490 e. The maximum absolute atomic E-state index is 13.6. The number of benzene rings is 2. The van der Waals surface area contributed by atoms with Crippen molar-refractivity contribution in [1.29, 1.82) is 0 Å². The smallest absolute Gasteiger partial charge is 0.407 e. The highest BCUT2D eigenvalue weighted by Gasteiger charge is 2.22. The van der Waals surface area contributed by atoms with Crippen LogP contribution in [0.25, 0.3) is 0 Å². The summed E-state index contributed by atoms with van der Waals surface area (Å²) in [5.74, 6) is 0.900. The molecule has 2 aromatic carbocycles. The summed E-state index contributed by atoms with van der Waals surface area (Å²) in [6.45, 7) is 1.46. The van der Waals surface area contributed by atoms with Gasteiger partial charge < -0.3 is 14.8 Å². The number of para-hydroxylation sites is 1. The van der Waals surface area contributed by atoms with Gasteiger partial charge in [0, 0.05) is 6.54 Å². The van der Waals surface area contributed by atoms with Crippen molar-refractivity contribution < 1.29 is 18.7 Å². The Kier molecular flexibility index (Phi) is 7.08. The SMILES string of the molecule is O=C(NC[C@H]1CC[C@@H](COc2ccccc2F)CC1)OCc1ccccc1. The van der Waals surface area contributed by atoms with Gasteiger partial charge in [-0.3, -0.25) is 0 Å². The molecule has 3 rings (SSSR count). The number of hydrogen-bond donors (Lipinski definition) is 1. The van der Waals surface area contributed by atoms with Crippen LogP contribution in [0.3, 0.4) is 0 Å². The van der Waals surface area contributed by atoms with Crippen molar-refractivity contribution >= 4 is 6.09 Å². The molecule has 0 aliphatic heterocycles. The topological polar surface area (TPSA) is 47.6 Å². The molecule has 0 unspecified atom stereocenters. The van der Waals surface area contributed by atoms with Gasteiger partial charge in [0.25, 0.3) is 0 Å². The monoisotopic (exact) mass is 371 g/mol. The van der Waals surface area contributed by atoms with E-state index in [2.05, 4.69) is 5.32 Å². The van der Waals surface area contributed by atoms with Crippen LogP contribution in [0.2, 0.25) is 0 Å². The summed E-state index contributed by atoms with van der Waals surface area (Å²) in [7, 11) is 0. The molecule has 0 bridgehead atoms. The van der Waals surface area contributed by atoms with Crippen LogP contribution in [0, 0.1) is 17.7 Å². The van der Waals surface area contributed by atoms with E-state index in [0.29, 0.717) is 30.7 Å². The second-order valence-corrected chi connectivity index (χ2v) is 7.07. The van der Waals surface area contributed by atoms with Crippen LogP contribution in [0.1, 0.15) is 31.2 Å². The summed E-state index contributed by atoms with van der Waals surface area (Å²) in [4.78, 5) is 11.8. The molecule has 1 amide bonds. The summed E-state index contributed by atoms with van der Waals surface area (Å²) in [5.41, 5.74) is 0.975. The molecule has 27 heavy (non-hydrogen) atoms. The quantitative estimate of drug-likeness (QED) is 0.750. The third-order valence-electron chi connectivity index (χ3n) is 5.03. The Hall–Kier alpha value is -2.56. The number of amides is 1. The fourth-order valence-electron chi connectivity index (χ4n) is 3.37. The predicted octanol–water partition coefficient (Wildman–Crippen LogP) is 4.94. The molecule has 0 aromatic heterocycles. The number of alkyl carbamates (subject to hydrolysis) is 1. The highest BCUT2D eigenvalue weighted by molar-refractivity contribution is 5.67. The minimum atomic E-state index is -0.371. The van der Waals surface area contributed by atoms with Crippen LogP contribution in [0.5, 0.6) is 5.75 Å². The van der Waals surface area contributed by atoms with Crippen LogP contribution in [-0.4, -0.2) is 19.2 Å². The fourth-order valence-corrected chi connectivity index (χ4v) is 3.37. The number of carbonyl (C=O) groups is 1. The number of halogens is 1. The second-order valence-electron chi connectivity index (χ2n) is 7.07. The average molecular weight is 371 g/mol. The summed E-state index contributed by atoms with van der Waals surface area (Å²) in [6, 6.07) is 16.1. The zero-order valence-corrected chi connectivity index (χ0v) is 15.4. The standard InChI is InChI=1S/C22H26FNO3/c23-20-8-4-5-9-21(20)26-15-19-12-10-17(11-13-19)14-24-22(25)27-16-18-6-2-1-3-7-18/h1-9,17,19H,10-16H2,(H,24,25)/t17-,19+. The van der Waals surface area contributed by atoms with E-state index in [1.807, 2.05) is 30.3 Å². The largest absolute Gasteiger partial charge is 0.490 e. The van der Waals surface area contributed by atoms with Gasteiger partial charge in [0.2, 0.25) is 0 Å². The van der Waals surface area contributed by atoms with Gasteiger partial charge in [0.15, 0.2) is 11.6 Å². The van der Waals surface area contributed by atoms with E-state index in [1.54, 1.807) is 18.2 Å². The van der Waals surface area contributed by atoms with E-state index >= 15 is 0 Å². The Morgan fingerprint density at radius 3 is 2.37 bits per heavy atom. The molecule has 1 fully saturated rings. The number of nitrogens with one attached hydrogen (secondary N) is 1. The summed E-state index contributed by atoms with van der Waals surface area (Å²) < 4.78 is 24.4. The molecule has 1 aliphatic carbocycles. The third kappa shape index (κ3) is 6.27. The lowest BCUT2D eigenvalue weighted by atomic mass is 9.82. The van der Waals surface area contributed by atoms with Crippen LogP contribution in [0.15, 0.2) is 54.6 Å². The van der Waals surface area contributed by atoms with Crippen molar-refractivity contribution in [2.24, 2.45) is 11.8 Å². The van der Waals surface area contributed by atoms with Crippen LogP contribution < -0.4 is 10.1 Å². The normalized spacial score (nSPS) is 19.3. The van der Waals surface area contributed by atoms with Gasteiger partial charge >= 0.3 is 6.09 Å². The maximum atomic E-state index is 13.6. The van der Waals surface area contributed by atoms with E-state index in [9.17, 15) is 9.18 Å². The zero-order valence-electron chi connectivity index (χ0n) is 15.4. The molecule has 0 atom stereocenters. The Morgan fingerprint density at radius 1 is 0.963 bits per heavy atom. The van der Waals surface area contributed by atoms with Crippen molar-refractivity contribution in [3.63, 3.8) is 0 Å². The lowest BCUT2D eigenvalue weighted by molar-refractivity contribution is 0.133. The molecular formula is C22H26FNO3. The van der Waals surface area contributed by atoms with Crippen LogP contribution in [-0.2, 0) is 11.3 Å². The number of ether oxygens (including phenoxy) is 2. The lowest BCUT2D eigenvalue weighted by Gasteiger charge is -2.28. The van der Waals surface area contributed by atoms with Gasteiger partial charge in [-0.2, -0.15) is 0 Å². The Balaban J connectivity index is 1.30. The average Bonchev–Trinajstić information content (AvgIpc) is 2.72. The Morgan fingerprint density at radius 2 is 1.63 bits per heavy atom. The first-order valence-electron chi connectivity index (χ1n) is 9.52. The van der Waals surface area contributed by atoms with E-state index in [4.69, 9.17) is 9.47 Å². The molecule has 1 aliphatic rings.